The van der Waals surface area contributed by atoms with Crippen LogP contribution in [0, 0.1) is 12.8 Å². The average molecular weight is 321 g/mol. The highest BCUT2D eigenvalue weighted by Gasteiger charge is 2.18. The van der Waals surface area contributed by atoms with Crippen molar-refractivity contribution >= 4 is 27.3 Å². The van der Waals surface area contributed by atoms with Crippen molar-refractivity contribution in [2.45, 2.75) is 25.7 Å². The molecule has 0 aliphatic heterocycles. The molecule has 0 saturated carbocycles. The van der Waals surface area contributed by atoms with Crippen LogP contribution < -0.4 is 10.5 Å². The number of sulfonamides is 1. The molecule has 0 amide bonds. The standard InChI is InChI=1S/C13H21ClN2O3S/c1-9(2)8-19-5-4-16-20(17,18)13-7-12(15)10(3)6-11(13)14/h6-7,9,16H,4-5,8,15H2,1-3H3. The van der Waals surface area contributed by atoms with Crippen LogP contribution in [-0.2, 0) is 14.8 Å². The summed E-state index contributed by atoms with van der Waals surface area (Å²) < 4.78 is 32.0. The molecule has 0 aliphatic carbocycles. The number of ether oxygens (including phenoxy) is 1. The third-order valence-electron chi connectivity index (χ3n) is 2.60. The van der Waals surface area contributed by atoms with Crippen LogP contribution in [0.3, 0.4) is 0 Å². The molecule has 0 aliphatic rings. The Morgan fingerprint density at radius 3 is 2.65 bits per heavy atom. The Morgan fingerprint density at radius 1 is 1.40 bits per heavy atom. The van der Waals surface area contributed by atoms with Crippen molar-refractivity contribution in [2.75, 3.05) is 25.5 Å². The van der Waals surface area contributed by atoms with Gasteiger partial charge in [-0.05, 0) is 30.5 Å². The van der Waals surface area contributed by atoms with E-state index in [2.05, 4.69) is 4.72 Å². The number of nitrogen functional groups attached to an aromatic ring is 1. The molecule has 1 aromatic rings. The summed E-state index contributed by atoms with van der Waals surface area (Å²) in [4.78, 5) is -0.00822. The van der Waals surface area contributed by atoms with Gasteiger partial charge in [0, 0.05) is 18.8 Å². The molecule has 0 bridgehead atoms. The van der Waals surface area contributed by atoms with Crippen molar-refractivity contribution in [3.63, 3.8) is 0 Å². The Morgan fingerprint density at radius 2 is 2.05 bits per heavy atom. The second-order valence-electron chi connectivity index (χ2n) is 5.01. The van der Waals surface area contributed by atoms with Crippen LogP contribution in [0.15, 0.2) is 17.0 Å². The molecule has 20 heavy (non-hydrogen) atoms. The van der Waals surface area contributed by atoms with Crippen molar-refractivity contribution in [2.24, 2.45) is 5.92 Å². The lowest BCUT2D eigenvalue weighted by Gasteiger charge is -2.11. The van der Waals surface area contributed by atoms with E-state index in [9.17, 15) is 8.42 Å². The number of nitrogens with one attached hydrogen (secondary N) is 1. The molecular formula is C13H21ClN2O3S. The zero-order valence-electron chi connectivity index (χ0n) is 11.9. The van der Waals surface area contributed by atoms with Crippen LogP contribution in [0.2, 0.25) is 5.02 Å². The van der Waals surface area contributed by atoms with Gasteiger partial charge in [-0.3, -0.25) is 0 Å². The minimum atomic E-state index is -3.67. The van der Waals surface area contributed by atoms with Gasteiger partial charge in [0.15, 0.2) is 0 Å². The molecule has 1 rings (SSSR count). The number of hydrogen-bond donors (Lipinski definition) is 2. The maximum Gasteiger partial charge on any atom is 0.242 e. The van der Waals surface area contributed by atoms with Crippen molar-refractivity contribution < 1.29 is 13.2 Å². The van der Waals surface area contributed by atoms with E-state index in [1.165, 1.54) is 6.07 Å². The topological polar surface area (TPSA) is 81.4 Å². The molecule has 5 nitrogen and oxygen atoms in total. The van der Waals surface area contributed by atoms with Crippen LogP contribution in [-0.4, -0.2) is 28.2 Å². The molecule has 3 N–H and O–H groups in total. The van der Waals surface area contributed by atoms with Gasteiger partial charge in [0.1, 0.15) is 4.90 Å². The van der Waals surface area contributed by atoms with Crippen molar-refractivity contribution in [1.29, 1.82) is 0 Å². The van der Waals surface area contributed by atoms with Crippen LogP contribution in [0.5, 0.6) is 0 Å². The SMILES string of the molecule is Cc1cc(Cl)c(S(=O)(=O)NCCOCC(C)C)cc1N. The molecular weight excluding hydrogens is 300 g/mol. The summed E-state index contributed by atoms with van der Waals surface area (Å²) >= 11 is 5.96. The number of halogens is 1. The fourth-order valence-electron chi connectivity index (χ4n) is 1.52. The summed E-state index contributed by atoms with van der Waals surface area (Å²) in [6.45, 7) is 6.93. The van der Waals surface area contributed by atoms with E-state index in [0.29, 0.717) is 24.8 Å². The van der Waals surface area contributed by atoms with Crippen LogP contribution >= 0.6 is 11.6 Å². The normalized spacial score (nSPS) is 12.1. The Kier molecular flexibility index (Phi) is 6.26. The molecule has 0 fully saturated rings. The van der Waals surface area contributed by atoms with E-state index in [-0.39, 0.29) is 16.5 Å². The first-order chi connectivity index (χ1) is 9.24. The predicted molar refractivity (Wildman–Crippen MR) is 81.4 cm³/mol. The fraction of sp³-hybridized carbons (Fsp3) is 0.538. The lowest BCUT2D eigenvalue weighted by molar-refractivity contribution is 0.114. The van der Waals surface area contributed by atoms with E-state index in [0.717, 1.165) is 5.56 Å². The fourth-order valence-corrected chi connectivity index (χ4v) is 3.15. The minimum absolute atomic E-state index is 0.00822. The Balaban J connectivity index is 2.68. The lowest BCUT2D eigenvalue weighted by atomic mass is 10.2. The third kappa shape index (κ3) is 4.94. The van der Waals surface area contributed by atoms with Gasteiger partial charge in [-0.2, -0.15) is 0 Å². The van der Waals surface area contributed by atoms with Gasteiger partial charge in [-0.25, -0.2) is 13.1 Å². The van der Waals surface area contributed by atoms with Crippen LogP contribution in [0.1, 0.15) is 19.4 Å². The first kappa shape index (κ1) is 17.2. The molecule has 0 saturated heterocycles. The van der Waals surface area contributed by atoms with Gasteiger partial charge in [0.25, 0.3) is 0 Å². The van der Waals surface area contributed by atoms with E-state index in [1.807, 2.05) is 13.8 Å². The van der Waals surface area contributed by atoms with Gasteiger partial charge in [0.05, 0.1) is 11.6 Å². The summed E-state index contributed by atoms with van der Waals surface area (Å²) in [6.07, 6.45) is 0. The highest BCUT2D eigenvalue weighted by molar-refractivity contribution is 7.89. The van der Waals surface area contributed by atoms with E-state index in [1.54, 1.807) is 13.0 Å². The lowest BCUT2D eigenvalue weighted by Crippen LogP contribution is -2.28. The zero-order valence-corrected chi connectivity index (χ0v) is 13.5. The highest BCUT2D eigenvalue weighted by atomic mass is 35.5. The summed E-state index contributed by atoms with van der Waals surface area (Å²) in [6, 6.07) is 2.91. The molecule has 0 heterocycles. The van der Waals surface area contributed by atoms with Gasteiger partial charge >= 0.3 is 0 Å². The van der Waals surface area contributed by atoms with Crippen molar-refractivity contribution in [3.05, 3.63) is 22.7 Å². The molecule has 0 unspecified atom stereocenters. The maximum atomic E-state index is 12.1. The number of hydrogen-bond acceptors (Lipinski definition) is 4. The zero-order chi connectivity index (χ0) is 15.3. The highest BCUT2D eigenvalue weighted by Crippen LogP contribution is 2.26. The molecule has 7 heteroatoms. The predicted octanol–water partition coefficient (Wildman–Crippen LogP) is 2.18. The maximum absolute atomic E-state index is 12.1. The Hall–Kier alpha value is -0.820. The summed E-state index contributed by atoms with van der Waals surface area (Å²) in [5, 5.41) is 0.160. The van der Waals surface area contributed by atoms with Gasteiger partial charge in [0.2, 0.25) is 10.0 Å². The van der Waals surface area contributed by atoms with E-state index in [4.69, 9.17) is 22.1 Å². The third-order valence-corrected chi connectivity index (χ3v) is 4.53. The molecule has 0 spiro atoms. The molecule has 0 radical (unpaired) electrons. The molecule has 0 aromatic heterocycles. The second kappa shape index (κ2) is 7.26. The Bertz CT molecular complexity index is 559. The average Bonchev–Trinajstić information content (AvgIpc) is 2.32. The van der Waals surface area contributed by atoms with Gasteiger partial charge in [-0.15, -0.1) is 0 Å². The summed E-state index contributed by atoms with van der Waals surface area (Å²) in [7, 11) is -3.67. The summed E-state index contributed by atoms with van der Waals surface area (Å²) in [5.41, 5.74) is 6.86. The monoisotopic (exact) mass is 320 g/mol. The molecule has 114 valence electrons. The van der Waals surface area contributed by atoms with Gasteiger partial charge < -0.3 is 10.5 Å². The van der Waals surface area contributed by atoms with E-state index < -0.39 is 10.0 Å². The number of rotatable bonds is 7. The largest absolute Gasteiger partial charge is 0.398 e. The minimum Gasteiger partial charge on any atom is -0.398 e. The number of aryl methyl sites for hydroxylation is 1. The molecule has 0 atom stereocenters. The number of nitrogens with two attached hydrogens (primary N) is 1. The first-order valence-electron chi connectivity index (χ1n) is 6.37. The first-order valence-corrected chi connectivity index (χ1v) is 8.23. The Labute approximate surface area is 125 Å². The van der Waals surface area contributed by atoms with Crippen LogP contribution in [0.4, 0.5) is 5.69 Å². The van der Waals surface area contributed by atoms with Crippen molar-refractivity contribution in [3.8, 4) is 0 Å². The van der Waals surface area contributed by atoms with E-state index >= 15 is 0 Å². The van der Waals surface area contributed by atoms with Crippen molar-refractivity contribution in [1.82, 2.24) is 4.72 Å². The van der Waals surface area contributed by atoms with Crippen LogP contribution in [0.25, 0.3) is 0 Å². The number of benzene rings is 1. The second-order valence-corrected chi connectivity index (χ2v) is 7.15. The quantitative estimate of drug-likeness (QED) is 0.596. The number of anilines is 1. The molecule has 1 aromatic carbocycles. The van der Waals surface area contributed by atoms with Gasteiger partial charge in [-0.1, -0.05) is 25.4 Å². The smallest absolute Gasteiger partial charge is 0.242 e. The summed E-state index contributed by atoms with van der Waals surface area (Å²) in [5.74, 6) is 0.415.